The van der Waals surface area contributed by atoms with Crippen LogP contribution < -0.4 is 10.6 Å². The van der Waals surface area contributed by atoms with Crippen LogP contribution >= 0.6 is 23.2 Å². The zero-order valence-corrected chi connectivity index (χ0v) is 17.8. The molecular formula is C21H21Cl2N3O3. The quantitative estimate of drug-likeness (QED) is 0.680. The first-order valence-corrected chi connectivity index (χ1v) is 9.87. The van der Waals surface area contributed by atoms with Gasteiger partial charge in [-0.2, -0.15) is 0 Å². The molecule has 8 heteroatoms. The van der Waals surface area contributed by atoms with Crippen LogP contribution in [0.4, 0.5) is 10.5 Å². The number of amides is 4. The van der Waals surface area contributed by atoms with Gasteiger partial charge in [0.2, 0.25) is 5.91 Å². The van der Waals surface area contributed by atoms with Crippen molar-refractivity contribution in [1.29, 1.82) is 0 Å². The van der Waals surface area contributed by atoms with Crippen molar-refractivity contribution in [3.05, 3.63) is 63.6 Å². The Hall–Kier alpha value is -2.57. The Morgan fingerprint density at radius 3 is 2.34 bits per heavy atom. The van der Waals surface area contributed by atoms with Gasteiger partial charge in [0.15, 0.2) is 0 Å². The van der Waals surface area contributed by atoms with Crippen molar-refractivity contribution in [1.82, 2.24) is 10.2 Å². The van der Waals surface area contributed by atoms with Crippen LogP contribution in [0.3, 0.4) is 0 Å². The van der Waals surface area contributed by atoms with Gasteiger partial charge in [-0.3, -0.25) is 14.5 Å². The molecular weight excluding hydrogens is 413 g/mol. The molecule has 3 rings (SSSR count). The van der Waals surface area contributed by atoms with Crippen LogP contribution in [0.1, 0.15) is 37.8 Å². The lowest BCUT2D eigenvalue weighted by Crippen LogP contribution is -2.42. The van der Waals surface area contributed by atoms with Gasteiger partial charge in [0.05, 0.1) is 10.0 Å². The van der Waals surface area contributed by atoms with Gasteiger partial charge in [-0.1, -0.05) is 61.3 Å². The minimum atomic E-state index is -1.23. The molecule has 29 heavy (non-hydrogen) atoms. The number of halogens is 2. The molecule has 1 heterocycles. The van der Waals surface area contributed by atoms with Crippen LogP contribution in [0.2, 0.25) is 10.0 Å². The van der Waals surface area contributed by atoms with Crippen molar-refractivity contribution < 1.29 is 14.4 Å². The number of carbonyl (C=O) groups excluding carboxylic acids is 3. The Morgan fingerprint density at radius 2 is 1.76 bits per heavy atom. The number of hydrogen-bond donors (Lipinski definition) is 2. The van der Waals surface area contributed by atoms with Gasteiger partial charge in [-0.15, -0.1) is 0 Å². The highest BCUT2D eigenvalue weighted by Crippen LogP contribution is 2.30. The summed E-state index contributed by atoms with van der Waals surface area (Å²) < 4.78 is 0. The molecule has 4 amide bonds. The summed E-state index contributed by atoms with van der Waals surface area (Å²) >= 11 is 11.8. The second-order valence-electron chi connectivity index (χ2n) is 7.40. The molecule has 0 saturated carbocycles. The highest BCUT2D eigenvalue weighted by atomic mass is 35.5. The van der Waals surface area contributed by atoms with Crippen LogP contribution in [0, 0.1) is 0 Å². The summed E-state index contributed by atoms with van der Waals surface area (Å²) in [7, 11) is 0. The molecule has 1 fully saturated rings. The number of nitrogens with zero attached hydrogens (tertiary/aromatic N) is 1. The second kappa shape index (κ2) is 8.05. The van der Waals surface area contributed by atoms with Crippen LogP contribution in [0.5, 0.6) is 0 Å². The Balaban J connectivity index is 1.74. The maximum Gasteiger partial charge on any atom is 0.325 e. The van der Waals surface area contributed by atoms with Crippen LogP contribution in [-0.4, -0.2) is 29.3 Å². The summed E-state index contributed by atoms with van der Waals surface area (Å²) in [6.07, 6.45) is 0. The number of nitrogens with one attached hydrogen (secondary N) is 2. The minimum Gasteiger partial charge on any atom is -0.324 e. The average Bonchev–Trinajstić information content (AvgIpc) is 2.89. The predicted molar refractivity (Wildman–Crippen MR) is 113 cm³/mol. The fourth-order valence-corrected chi connectivity index (χ4v) is 3.45. The third kappa shape index (κ3) is 4.23. The molecule has 1 aliphatic heterocycles. The van der Waals surface area contributed by atoms with E-state index < -0.39 is 29.9 Å². The molecule has 1 aliphatic rings. The van der Waals surface area contributed by atoms with Crippen molar-refractivity contribution in [2.75, 3.05) is 11.9 Å². The minimum absolute atomic E-state index is 0.289. The van der Waals surface area contributed by atoms with Gasteiger partial charge >= 0.3 is 6.03 Å². The molecule has 6 nitrogen and oxygen atoms in total. The summed E-state index contributed by atoms with van der Waals surface area (Å²) in [6, 6.07) is 11.5. The fourth-order valence-electron chi connectivity index (χ4n) is 3.16. The van der Waals surface area contributed by atoms with Gasteiger partial charge in [-0.05, 0) is 42.2 Å². The third-order valence-corrected chi connectivity index (χ3v) is 5.67. The first-order valence-electron chi connectivity index (χ1n) is 9.11. The summed E-state index contributed by atoms with van der Waals surface area (Å²) in [5.74, 6) is -0.650. The van der Waals surface area contributed by atoms with E-state index in [9.17, 15) is 14.4 Å². The number of carbonyl (C=O) groups is 3. The molecule has 0 aromatic heterocycles. The standard InChI is InChI=1S/C21H21Cl2N3O3/c1-12(2)13-4-6-14(7-5-13)21(3)19(28)26(20(29)25-21)11-18(27)24-15-8-9-16(22)17(23)10-15/h4-10,12H,11H2,1-3H3,(H,24,27)(H,25,29). The van der Waals surface area contributed by atoms with E-state index in [1.165, 1.54) is 6.07 Å². The molecule has 1 unspecified atom stereocenters. The van der Waals surface area contributed by atoms with Gasteiger partial charge in [0, 0.05) is 5.69 Å². The van der Waals surface area contributed by atoms with E-state index in [0.717, 1.165) is 10.5 Å². The first kappa shape index (κ1) is 21.1. The molecule has 1 saturated heterocycles. The van der Waals surface area contributed by atoms with Gasteiger partial charge < -0.3 is 10.6 Å². The van der Waals surface area contributed by atoms with E-state index in [2.05, 4.69) is 24.5 Å². The van der Waals surface area contributed by atoms with E-state index in [1.807, 2.05) is 24.3 Å². The van der Waals surface area contributed by atoms with Crippen LogP contribution in [0.25, 0.3) is 0 Å². The lowest BCUT2D eigenvalue weighted by Gasteiger charge is -2.22. The van der Waals surface area contributed by atoms with Crippen LogP contribution in [0.15, 0.2) is 42.5 Å². The molecule has 152 valence electrons. The molecule has 2 aromatic carbocycles. The smallest absolute Gasteiger partial charge is 0.324 e. The van der Waals surface area contributed by atoms with Crippen molar-refractivity contribution in [2.24, 2.45) is 0 Å². The number of hydrogen-bond acceptors (Lipinski definition) is 3. The van der Waals surface area contributed by atoms with E-state index >= 15 is 0 Å². The Labute approximate surface area is 179 Å². The SMILES string of the molecule is CC(C)c1ccc(C2(C)NC(=O)N(CC(=O)Nc3ccc(Cl)c(Cl)c3)C2=O)cc1. The molecule has 0 radical (unpaired) electrons. The summed E-state index contributed by atoms with van der Waals surface area (Å²) in [4.78, 5) is 38.6. The van der Waals surface area contributed by atoms with Gasteiger partial charge in [0.1, 0.15) is 12.1 Å². The molecule has 2 N–H and O–H groups in total. The number of rotatable bonds is 5. The zero-order valence-electron chi connectivity index (χ0n) is 16.3. The van der Waals surface area contributed by atoms with E-state index in [1.54, 1.807) is 19.1 Å². The van der Waals surface area contributed by atoms with Crippen molar-refractivity contribution >= 4 is 46.7 Å². The normalized spacial score (nSPS) is 18.9. The van der Waals surface area contributed by atoms with Gasteiger partial charge in [-0.25, -0.2) is 4.79 Å². The largest absolute Gasteiger partial charge is 0.325 e. The lowest BCUT2D eigenvalue weighted by atomic mass is 9.90. The highest BCUT2D eigenvalue weighted by molar-refractivity contribution is 6.42. The summed E-state index contributed by atoms with van der Waals surface area (Å²) in [5, 5.41) is 5.96. The van der Waals surface area contributed by atoms with Gasteiger partial charge in [0.25, 0.3) is 5.91 Å². The third-order valence-electron chi connectivity index (χ3n) is 4.93. The number of anilines is 1. The maximum absolute atomic E-state index is 13.0. The van der Waals surface area contributed by atoms with Crippen molar-refractivity contribution in [3.63, 3.8) is 0 Å². The van der Waals surface area contributed by atoms with Crippen molar-refractivity contribution in [2.45, 2.75) is 32.2 Å². The fraction of sp³-hybridized carbons (Fsp3) is 0.286. The first-order chi connectivity index (χ1) is 13.6. The monoisotopic (exact) mass is 433 g/mol. The second-order valence-corrected chi connectivity index (χ2v) is 8.21. The van der Waals surface area contributed by atoms with E-state index in [-0.39, 0.29) is 5.02 Å². The maximum atomic E-state index is 13.0. The molecule has 2 aromatic rings. The average molecular weight is 434 g/mol. The number of urea groups is 1. The molecule has 1 atom stereocenters. The lowest BCUT2D eigenvalue weighted by molar-refractivity contribution is -0.133. The predicted octanol–water partition coefficient (Wildman–Crippen LogP) is 4.52. The Morgan fingerprint density at radius 1 is 1.10 bits per heavy atom. The number of benzene rings is 2. The summed E-state index contributed by atoms with van der Waals surface area (Å²) in [6.45, 7) is 5.37. The summed E-state index contributed by atoms with van der Waals surface area (Å²) in [5.41, 5.74) is 0.985. The molecule has 0 aliphatic carbocycles. The zero-order chi connectivity index (χ0) is 21.3. The van der Waals surface area contributed by atoms with Crippen molar-refractivity contribution in [3.8, 4) is 0 Å². The number of imide groups is 1. The molecule has 0 bridgehead atoms. The topological polar surface area (TPSA) is 78.5 Å². The van der Waals surface area contributed by atoms with E-state index in [0.29, 0.717) is 22.2 Å². The van der Waals surface area contributed by atoms with E-state index in [4.69, 9.17) is 23.2 Å². The Bertz CT molecular complexity index is 976. The molecule has 0 spiro atoms. The van der Waals surface area contributed by atoms with Crippen LogP contribution in [-0.2, 0) is 15.1 Å². The Kier molecular flexibility index (Phi) is 5.87. The highest BCUT2D eigenvalue weighted by Gasteiger charge is 2.49.